The van der Waals surface area contributed by atoms with Gasteiger partial charge in [-0.15, -0.1) is 0 Å². The van der Waals surface area contributed by atoms with E-state index in [1.165, 1.54) is 12.1 Å². The molecule has 0 aromatic heterocycles. The Hall–Kier alpha value is -1.46. The monoisotopic (exact) mass is 268 g/mol. The molecule has 1 aromatic rings. The molecule has 0 spiro atoms. The fourth-order valence-corrected chi connectivity index (χ4v) is 1.91. The van der Waals surface area contributed by atoms with E-state index in [1.807, 2.05) is 21.1 Å². The Morgan fingerprint density at radius 1 is 1.21 bits per heavy atom. The minimum atomic E-state index is -1.10. The first-order valence-electron chi connectivity index (χ1n) is 6.24. The molecule has 1 N–H and O–H groups in total. The fourth-order valence-electron chi connectivity index (χ4n) is 1.91. The molecule has 0 bridgehead atoms. The van der Waals surface area contributed by atoms with Crippen LogP contribution in [0.3, 0.4) is 0 Å². The molecule has 0 aliphatic heterocycles. The van der Waals surface area contributed by atoms with Crippen molar-refractivity contribution in [1.29, 1.82) is 0 Å². The summed E-state index contributed by atoms with van der Waals surface area (Å²) in [6.07, 6.45) is 1.02. The number of carbonyl (C=O) groups is 1. The Bertz CT molecular complexity index is 435. The number of halogens is 1. The molecule has 0 amide bonds. The second-order valence-corrected chi connectivity index (χ2v) is 5.05. The topological polar surface area (TPSA) is 43.8 Å². The van der Waals surface area contributed by atoms with Crippen LogP contribution in [0.15, 0.2) is 18.2 Å². The van der Waals surface area contributed by atoms with Crippen LogP contribution >= 0.6 is 0 Å². The molecule has 1 aromatic carbocycles. The standard InChI is InChI=1S/C14H21FN2O2/c1-16(2)5-4-6-17(3)10-11-7-12(14(18)19)9-13(15)8-11/h7-9H,4-6,10H2,1-3H3,(H,18,19). The molecule has 0 fully saturated rings. The van der Waals surface area contributed by atoms with Gasteiger partial charge in [0.1, 0.15) is 5.82 Å². The van der Waals surface area contributed by atoms with E-state index < -0.39 is 11.8 Å². The molecule has 0 aliphatic rings. The zero-order valence-electron chi connectivity index (χ0n) is 11.7. The number of rotatable bonds is 7. The third kappa shape index (κ3) is 5.81. The van der Waals surface area contributed by atoms with E-state index in [0.717, 1.165) is 25.6 Å². The molecule has 106 valence electrons. The van der Waals surface area contributed by atoms with Gasteiger partial charge in [0.05, 0.1) is 5.56 Å². The summed E-state index contributed by atoms with van der Waals surface area (Å²) in [5.74, 6) is -1.60. The summed E-state index contributed by atoms with van der Waals surface area (Å²) in [5.41, 5.74) is 0.682. The van der Waals surface area contributed by atoms with Crippen LogP contribution in [0.2, 0.25) is 0 Å². The van der Waals surface area contributed by atoms with Gasteiger partial charge in [0.2, 0.25) is 0 Å². The number of aromatic carboxylic acids is 1. The van der Waals surface area contributed by atoms with Gasteiger partial charge in [-0.05, 0) is 64.4 Å². The molecular formula is C14H21FN2O2. The summed E-state index contributed by atoms with van der Waals surface area (Å²) in [5, 5.41) is 8.88. The molecule has 0 atom stereocenters. The summed E-state index contributed by atoms with van der Waals surface area (Å²) in [4.78, 5) is 15.0. The van der Waals surface area contributed by atoms with Crippen molar-refractivity contribution in [3.63, 3.8) is 0 Å². The number of hydrogen-bond acceptors (Lipinski definition) is 3. The summed E-state index contributed by atoms with van der Waals surface area (Å²) in [6, 6.07) is 3.95. The second-order valence-electron chi connectivity index (χ2n) is 5.05. The normalized spacial score (nSPS) is 11.3. The first-order valence-corrected chi connectivity index (χ1v) is 6.24. The zero-order valence-corrected chi connectivity index (χ0v) is 11.7. The van der Waals surface area contributed by atoms with E-state index in [1.54, 1.807) is 0 Å². The highest BCUT2D eigenvalue weighted by Gasteiger charge is 2.08. The average molecular weight is 268 g/mol. The van der Waals surface area contributed by atoms with Crippen molar-refractivity contribution in [3.8, 4) is 0 Å². The zero-order chi connectivity index (χ0) is 14.4. The van der Waals surface area contributed by atoms with Gasteiger partial charge in [-0.3, -0.25) is 0 Å². The minimum Gasteiger partial charge on any atom is -0.478 e. The lowest BCUT2D eigenvalue weighted by Crippen LogP contribution is -2.23. The van der Waals surface area contributed by atoms with Gasteiger partial charge < -0.3 is 14.9 Å². The van der Waals surface area contributed by atoms with E-state index >= 15 is 0 Å². The van der Waals surface area contributed by atoms with Crippen molar-refractivity contribution in [2.45, 2.75) is 13.0 Å². The molecule has 0 unspecified atom stereocenters. The third-order valence-corrected chi connectivity index (χ3v) is 2.80. The van der Waals surface area contributed by atoms with Gasteiger partial charge in [-0.1, -0.05) is 0 Å². The molecule has 0 heterocycles. The molecule has 0 saturated heterocycles. The van der Waals surface area contributed by atoms with E-state index in [-0.39, 0.29) is 5.56 Å². The highest BCUT2D eigenvalue weighted by atomic mass is 19.1. The van der Waals surface area contributed by atoms with Crippen molar-refractivity contribution in [3.05, 3.63) is 35.1 Å². The van der Waals surface area contributed by atoms with Crippen molar-refractivity contribution in [2.24, 2.45) is 0 Å². The molecule has 1 rings (SSSR count). The fraction of sp³-hybridized carbons (Fsp3) is 0.500. The largest absolute Gasteiger partial charge is 0.478 e. The molecule has 19 heavy (non-hydrogen) atoms. The van der Waals surface area contributed by atoms with Gasteiger partial charge in [0, 0.05) is 6.54 Å². The van der Waals surface area contributed by atoms with Crippen LogP contribution in [0.25, 0.3) is 0 Å². The highest BCUT2D eigenvalue weighted by molar-refractivity contribution is 5.87. The van der Waals surface area contributed by atoms with Crippen molar-refractivity contribution >= 4 is 5.97 Å². The van der Waals surface area contributed by atoms with Crippen molar-refractivity contribution in [1.82, 2.24) is 9.80 Å². The third-order valence-electron chi connectivity index (χ3n) is 2.80. The maximum atomic E-state index is 13.3. The smallest absolute Gasteiger partial charge is 0.335 e. The summed E-state index contributed by atoms with van der Waals surface area (Å²) in [6.45, 7) is 2.43. The van der Waals surface area contributed by atoms with E-state index in [2.05, 4.69) is 9.80 Å². The van der Waals surface area contributed by atoms with Crippen LogP contribution in [-0.4, -0.2) is 55.1 Å². The number of nitrogens with zero attached hydrogens (tertiary/aromatic N) is 2. The second kappa shape index (κ2) is 7.21. The van der Waals surface area contributed by atoms with Crippen LogP contribution in [-0.2, 0) is 6.54 Å². The number of benzene rings is 1. The quantitative estimate of drug-likeness (QED) is 0.820. The van der Waals surface area contributed by atoms with Gasteiger partial charge in [-0.25, -0.2) is 9.18 Å². The van der Waals surface area contributed by atoms with Crippen LogP contribution < -0.4 is 0 Å². The molecular weight excluding hydrogens is 247 g/mol. The Morgan fingerprint density at radius 3 is 2.47 bits per heavy atom. The van der Waals surface area contributed by atoms with Gasteiger partial charge in [0.15, 0.2) is 0 Å². The first-order chi connectivity index (χ1) is 8.88. The lowest BCUT2D eigenvalue weighted by molar-refractivity contribution is 0.0696. The Morgan fingerprint density at radius 2 is 1.89 bits per heavy atom. The molecule has 0 radical (unpaired) electrons. The van der Waals surface area contributed by atoms with E-state index in [0.29, 0.717) is 12.1 Å². The Labute approximate surface area is 113 Å². The summed E-state index contributed by atoms with van der Waals surface area (Å²) in [7, 11) is 5.98. The van der Waals surface area contributed by atoms with Gasteiger partial charge >= 0.3 is 5.97 Å². The van der Waals surface area contributed by atoms with Crippen LogP contribution in [0.5, 0.6) is 0 Å². The van der Waals surface area contributed by atoms with Crippen LogP contribution in [0.4, 0.5) is 4.39 Å². The maximum absolute atomic E-state index is 13.3. The summed E-state index contributed by atoms with van der Waals surface area (Å²) >= 11 is 0. The van der Waals surface area contributed by atoms with Crippen molar-refractivity contribution < 1.29 is 14.3 Å². The molecule has 4 nitrogen and oxygen atoms in total. The number of carboxylic acids is 1. The molecule has 0 saturated carbocycles. The Balaban J connectivity index is 2.58. The lowest BCUT2D eigenvalue weighted by atomic mass is 10.1. The SMILES string of the molecule is CN(C)CCCN(C)Cc1cc(F)cc(C(=O)O)c1. The Kier molecular flexibility index (Phi) is 5.92. The average Bonchev–Trinajstić information content (AvgIpc) is 2.27. The lowest BCUT2D eigenvalue weighted by Gasteiger charge is -2.18. The first kappa shape index (κ1) is 15.6. The predicted octanol–water partition coefficient (Wildman–Crippen LogP) is 1.91. The summed E-state index contributed by atoms with van der Waals surface area (Å²) < 4.78 is 13.3. The number of hydrogen-bond donors (Lipinski definition) is 1. The van der Waals surface area contributed by atoms with Gasteiger partial charge in [0.25, 0.3) is 0 Å². The number of carboxylic acid groups (broad SMARTS) is 1. The van der Waals surface area contributed by atoms with Gasteiger partial charge in [-0.2, -0.15) is 0 Å². The predicted molar refractivity (Wildman–Crippen MR) is 72.9 cm³/mol. The molecule has 5 heteroatoms. The maximum Gasteiger partial charge on any atom is 0.335 e. The van der Waals surface area contributed by atoms with E-state index in [4.69, 9.17) is 5.11 Å². The van der Waals surface area contributed by atoms with Crippen LogP contribution in [0.1, 0.15) is 22.3 Å². The van der Waals surface area contributed by atoms with E-state index in [9.17, 15) is 9.18 Å². The van der Waals surface area contributed by atoms with Crippen molar-refractivity contribution in [2.75, 3.05) is 34.2 Å². The minimum absolute atomic E-state index is 0.00306. The molecule has 0 aliphatic carbocycles. The highest BCUT2D eigenvalue weighted by Crippen LogP contribution is 2.11. The van der Waals surface area contributed by atoms with Crippen LogP contribution in [0, 0.1) is 5.82 Å².